The highest BCUT2D eigenvalue weighted by Crippen LogP contribution is 2.49. The molecule has 0 aromatic heterocycles. The molecule has 0 unspecified atom stereocenters. The Morgan fingerprint density at radius 1 is 0.220 bits per heavy atom. The van der Waals surface area contributed by atoms with E-state index in [0.29, 0.717) is 0 Å². The molecule has 0 spiro atoms. The van der Waals surface area contributed by atoms with E-state index in [0.717, 1.165) is 17.1 Å². The molecule has 0 N–H and O–H groups in total. The number of rotatable bonds is 7. The van der Waals surface area contributed by atoms with E-state index in [4.69, 9.17) is 0 Å². The molecule has 0 aliphatic rings. The predicted octanol–water partition coefficient (Wildman–Crippen LogP) is 16.4. The van der Waals surface area contributed by atoms with Crippen LogP contribution in [0.2, 0.25) is 0 Å². The van der Waals surface area contributed by atoms with E-state index >= 15 is 0 Å². The lowest BCUT2D eigenvalue weighted by Crippen LogP contribution is -2.10. The third kappa shape index (κ3) is 6.12. The zero-order chi connectivity index (χ0) is 39.1. The topological polar surface area (TPSA) is 3.24 Å². The summed E-state index contributed by atoms with van der Waals surface area (Å²) in [6.07, 6.45) is 0. The van der Waals surface area contributed by atoms with Crippen molar-refractivity contribution >= 4 is 60.2 Å². The van der Waals surface area contributed by atoms with E-state index in [9.17, 15) is 0 Å². The Hall–Kier alpha value is -7.74. The first-order chi connectivity index (χ1) is 29.3. The van der Waals surface area contributed by atoms with Crippen LogP contribution in [-0.2, 0) is 0 Å². The zero-order valence-corrected chi connectivity index (χ0v) is 32.5. The van der Waals surface area contributed by atoms with Crippen molar-refractivity contribution < 1.29 is 0 Å². The van der Waals surface area contributed by atoms with Gasteiger partial charge in [0, 0.05) is 17.1 Å². The Balaban J connectivity index is 1.17. The number of hydrogen-bond donors (Lipinski definition) is 0. The fourth-order valence-electron chi connectivity index (χ4n) is 9.11. The van der Waals surface area contributed by atoms with Crippen LogP contribution >= 0.6 is 0 Å². The van der Waals surface area contributed by atoms with Gasteiger partial charge in [0.1, 0.15) is 0 Å². The Bertz CT molecular complexity index is 3240. The molecule has 1 nitrogen and oxygen atoms in total. The highest BCUT2D eigenvalue weighted by molar-refractivity contribution is 6.17. The molecular formula is C58H39N. The second kappa shape index (κ2) is 14.6. The largest absolute Gasteiger partial charge is 0.310 e. The lowest BCUT2D eigenvalue weighted by Gasteiger charge is -2.29. The fourth-order valence-corrected chi connectivity index (χ4v) is 9.11. The Kier molecular flexibility index (Phi) is 8.56. The number of nitrogens with zero attached hydrogens (tertiary/aromatic N) is 1. The first kappa shape index (κ1) is 34.5. The van der Waals surface area contributed by atoms with Gasteiger partial charge in [-0.25, -0.2) is 0 Å². The molecule has 11 aromatic rings. The van der Waals surface area contributed by atoms with Crippen molar-refractivity contribution in [1.29, 1.82) is 0 Å². The number of fused-ring (bicyclic) bond motifs is 6. The molecular weight excluding hydrogens is 711 g/mol. The first-order valence-corrected chi connectivity index (χ1v) is 20.3. The molecule has 11 aromatic carbocycles. The predicted molar refractivity (Wildman–Crippen MR) is 253 cm³/mol. The number of anilines is 3. The van der Waals surface area contributed by atoms with Gasteiger partial charge in [-0.3, -0.25) is 0 Å². The Morgan fingerprint density at radius 3 is 1.12 bits per heavy atom. The summed E-state index contributed by atoms with van der Waals surface area (Å²) in [6.45, 7) is 0. The highest BCUT2D eigenvalue weighted by atomic mass is 15.1. The summed E-state index contributed by atoms with van der Waals surface area (Å²) in [4.78, 5) is 2.41. The molecule has 0 atom stereocenters. The van der Waals surface area contributed by atoms with Crippen LogP contribution in [0.4, 0.5) is 17.1 Å². The standard InChI is InChI=1S/C58H39N/c1-4-18-40(19-5-1)55-38-47(39-56(41-20-6-2-7-21-41)58(55)57-37-44-23-11-13-27-49(44)51-29-15-17-31-53(51)57)59(45-24-8-3-9-25-45)46-34-32-42(33-35-46)54-36-43-22-10-12-26-48(43)50-28-14-16-30-52(50)54/h1-39H. The maximum Gasteiger partial charge on any atom is 0.0474 e. The monoisotopic (exact) mass is 749 g/mol. The summed E-state index contributed by atoms with van der Waals surface area (Å²) in [5, 5.41) is 10.1. The van der Waals surface area contributed by atoms with Gasteiger partial charge < -0.3 is 4.90 Å². The lowest BCUT2D eigenvalue weighted by atomic mass is 9.83. The van der Waals surface area contributed by atoms with Gasteiger partial charge in [-0.1, -0.05) is 188 Å². The third-order valence-corrected chi connectivity index (χ3v) is 11.8. The molecule has 11 rings (SSSR count). The van der Waals surface area contributed by atoms with Gasteiger partial charge in [-0.15, -0.1) is 0 Å². The molecule has 0 heterocycles. The summed E-state index contributed by atoms with van der Waals surface area (Å²) in [5.41, 5.74) is 12.9. The van der Waals surface area contributed by atoms with E-state index in [2.05, 4.69) is 241 Å². The zero-order valence-electron chi connectivity index (χ0n) is 32.5. The van der Waals surface area contributed by atoms with Crippen LogP contribution in [0.3, 0.4) is 0 Å². The molecule has 0 saturated carbocycles. The van der Waals surface area contributed by atoms with Crippen molar-refractivity contribution in [2.75, 3.05) is 4.90 Å². The fraction of sp³-hybridized carbons (Fsp3) is 0. The summed E-state index contributed by atoms with van der Waals surface area (Å²) in [5.74, 6) is 0. The number of hydrogen-bond acceptors (Lipinski definition) is 1. The van der Waals surface area contributed by atoms with Crippen molar-refractivity contribution in [2.45, 2.75) is 0 Å². The van der Waals surface area contributed by atoms with E-state index < -0.39 is 0 Å². The minimum Gasteiger partial charge on any atom is -0.310 e. The molecule has 276 valence electrons. The Morgan fingerprint density at radius 2 is 0.593 bits per heavy atom. The van der Waals surface area contributed by atoms with Crippen LogP contribution < -0.4 is 4.90 Å². The average Bonchev–Trinajstić information content (AvgIpc) is 3.32. The lowest BCUT2D eigenvalue weighted by molar-refractivity contribution is 1.28. The number of benzene rings is 11. The Labute approximate surface area is 344 Å². The van der Waals surface area contributed by atoms with Gasteiger partial charge in [0.05, 0.1) is 0 Å². The second-order valence-corrected chi connectivity index (χ2v) is 15.2. The average molecular weight is 750 g/mol. The van der Waals surface area contributed by atoms with E-state index in [-0.39, 0.29) is 0 Å². The van der Waals surface area contributed by atoms with Gasteiger partial charge >= 0.3 is 0 Å². The van der Waals surface area contributed by atoms with Gasteiger partial charge in [0.2, 0.25) is 0 Å². The van der Waals surface area contributed by atoms with Crippen LogP contribution in [0.25, 0.3) is 87.6 Å². The normalized spacial score (nSPS) is 11.4. The van der Waals surface area contributed by atoms with Gasteiger partial charge in [0.15, 0.2) is 0 Å². The SMILES string of the molecule is c1ccc(-c2cc(N(c3ccccc3)c3ccc(-c4cc5ccccc5c5ccccc45)cc3)cc(-c3ccccc3)c2-c2cc3ccccc3c3ccccc23)cc1. The van der Waals surface area contributed by atoms with Crippen molar-refractivity contribution in [3.8, 4) is 44.5 Å². The molecule has 0 fully saturated rings. The highest BCUT2D eigenvalue weighted by Gasteiger charge is 2.23. The second-order valence-electron chi connectivity index (χ2n) is 15.2. The molecule has 0 bridgehead atoms. The molecule has 1 heteroatoms. The van der Waals surface area contributed by atoms with Crippen LogP contribution in [-0.4, -0.2) is 0 Å². The van der Waals surface area contributed by atoms with Crippen LogP contribution in [0.1, 0.15) is 0 Å². The van der Waals surface area contributed by atoms with E-state index in [1.807, 2.05) is 0 Å². The molecule has 0 aliphatic carbocycles. The maximum absolute atomic E-state index is 2.41. The molecule has 59 heavy (non-hydrogen) atoms. The first-order valence-electron chi connectivity index (χ1n) is 20.3. The molecule has 0 radical (unpaired) electrons. The van der Waals surface area contributed by atoms with Crippen molar-refractivity contribution in [3.63, 3.8) is 0 Å². The van der Waals surface area contributed by atoms with Gasteiger partial charge in [-0.2, -0.15) is 0 Å². The number of para-hydroxylation sites is 1. The van der Waals surface area contributed by atoms with Crippen LogP contribution in [0.5, 0.6) is 0 Å². The summed E-state index contributed by atoms with van der Waals surface area (Å²) in [6, 6.07) is 86.3. The summed E-state index contributed by atoms with van der Waals surface area (Å²) >= 11 is 0. The van der Waals surface area contributed by atoms with Crippen LogP contribution in [0.15, 0.2) is 237 Å². The van der Waals surface area contributed by atoms with E-state index in [1.165, 1.54) is 87.6 Å². The minimum absolute atomic E-state index is 1.09. The van der Waals surface area contributed by atoms with E-state index in [1.54, 1.807) is 0 Å². The van der Waals surface area contributed by atoms with Crippen molar-refractivity contribution in [2.24, 2.45) is 0 Å². The third-order valence-electron chi connectivity index (χ3n) is 11.8. The van der Waals surface area contributed by atoms with Crippen LogP contribution in [0, 0.1) is 0 Å². The summed E-state index contributed by atoms with van der Waals surface area (Å²) < 4.78 is 0. The van der Waals surface area contributed by atoms with Gasteiger partial charge in [0.25, 0.3) is 0 Å². The van der Waals surface area contributed by atoms with Crippen molar-refractivity contribution in [3.05, 3.63) is 237 Å². The summed E-state index contributed by atoms with van der Waals surface area (Å²) in [7, 11) is 0. The molecule has 0 aliphatic heterocycles. The molecule has 0 saturated heterocycles. The maximum atomic E-state index is 2.41. The quantitative estimate of drug-likeness (QED) is 0.147. The van der Waals surface area contributed by atoms with Gasteiger partial charge in [-0.05, 0) is 136 Å². The van der Waals surface area contributed by atoms with Crippen molar-refractivity contribution in [1.82, 2.24) is 0 Å². The minimum atomic E-state index is 1.09. The smallest absolute Gasteiger partial charge is 0.0474 e. The molecule has 0 amide bonds.